The number of amides is 2. The minimum Gasteiger partial charge on any atom is -0.508 e. The maximum absolute atomic E-state index is 11.1. The van der Waals surface area contributed by atoms with Crippen molar-refractivity contribution in [2.75, 3.05) is 31.0 Å². The largest absolute Gasteiger partial charge is 0.508 e. The van der Waals surface area contributed by atoms with Gasteiger partial charge in [0.15, 0.2) is 0 Å². The summed E-state index contributed by atoms with van der Waals surface area (Å²) < 4.78 is 5.09. The van der Waals surface area contributed by atoms with E-state index in [0.717, 1.165) is 17.0 Å². The lowest BCUT2D eigenvalue weighted by atomic mass is 10.1. The Balaban J connectivity index is 0. The van der Waals surface area contributed by atoms with E-state index in [2.05, 4.69) is 0 Å². The molecule has 0 bridgehead atoms. The molecule has 7 heteroatoms. The summed E-state index contributed by atoms with van der Waals surface area (Å²) in [6, 6.07) is 9.72. The zero-order valence-corrected chi connectivity index (χ0v) is 16.5. The van der Waals surface area contributed by atoms with Crippen LogP contribution in [-0.4, -0.2) is 43.2 Å². The van der Waals surface area contributed by atoms with E-state index < -0.39 is 0 Å². The third kappa shape index (κ3) is 7.73. The van der Waals surface area contributed by atoms with Crippen LogP contribution < -0.4 is 14.5 Å². The minimum absolute atomic E-state index is 0. The molecule has 2 aromatic carbocycles. The Hall–Kier alpha value is -3.22. The molecule has 0 heterocycles. The van der Waals surface area contributed by atoms with Crippen molar-refractivity contribution < 1.29 is 24.5 Å². The summed E-state index contributed by atoms with van der Waals surface area (Å²) in [5, 5.41) is 18.4. The second-order valence-electron chi connectivity index (χ2n) is 5.98. The van der Waals surface area contributed by atoms with Crippen LogP contribution in [0.2, 0.25) is 0 Å². The number of carbonyl (C=O) groups is 2. The molecule has 2 amide bonds. The smallest absolute Gasteiger partial charge is 0.223 e. The molecule has 2 rings (SSSR count). The number of methoxy groups -OCH3 is 1. The van der Waals surface area contributed by atoms with Gasteiger partial charge in [0.1, 0.15) is 17.2 Å². The van der Waals surface area contributed by atoms with Gasteiger partial charge in [0.25, 0.3) is 0 Å². The number of benzene rings is 2. The van der Waals surface area contributed by atoms with Crippen molar-refractivity contribution in [3.8, 4) is 17.2 Å². The maximum Gasteiger partial charge on any atom is 0.223 e. The molecule has 0 aliphatic carbocycles. The van der Waals surface area contributed by atoms with Gasteiger partial charge in [-0.15, -0.1) is 0 Å². The van der Waals surface area contributed by atoms with Gasteiger partial charge >= 0.3 is 0 Å². The first-order chi connectivity index (χ1) is 12.6. The highest BCUT2D eigenvalue weighted by molar-refractivity contribution is 5.92. The van der Waals surface area contributed by atoms with Crippen molar-refractivity contribution in [3.63, 3.8) is 0 Å². The summed E-state index contributed by atoms with van der Waals surface area (Å²) in [4.78, 5) is 25.0. The molecule has 162 valence electrons. The van der Waals surface area contributed by atoms with Crippen molar-refractivity contribution in [1.29, 1.82) is 0 Å². The van der Waals surface area contributed by atoms with Crippen molar-refractivity contribution in [2.45, 2.75) is 35.6 Å². The zero-order valence-electron chi connectivity index (χ0n) is 16.5. The first kappa shape index (κ1) is 28.0. The number of rotatable bonds is 3. The second kappa shape index (κ2) is 12.3. The van der Waals surface area contributed by atoms with Gasteiger partial charge in [0, 0.05) is 39.7 Å². The molecule has 0 unspecified atom stereocenters. The summed E-state index contributed by atoms with van der Waals surface area (Å²) in [6.45, 7) is 4.90. The molecular formula is C22H34N2O5. The van der Waals surface area contributed by atoms with Crippen LogP contribution in [0.4, 0.5) is 11.4 Å². The zero-order chi connectivity index (χ0) is 20.7. The fourth-order valence-corrected chi connectivity index (χ4v) is 2.27. The monoisotopic (exact) mass is 406 g/mol. The number of aryl methyl sites for hydroxylation is 1. The van der Waals surface area contributed by atoms with E-state index in [4.69, 9.17) is 9.84 Å². The van der Waals surface area contributed by atoms with E-state index in [9.17, 15) is 14.7 Å². The van der Waals surface area contributed by atoms with Crippen LogP contribution in [0.1, 0.15) is 34.3 Å². The lowest BCUT2D eigenvalue weighted by molar-refractivity contribution is -0.117. The third-order valence-corrected chi connectivity index (χ3v) is 4.03. The highest BCUT2D eigenvalue weighted by atomic mass is 16.5. The number of phenolic OH excluding ortho intramolecular Hbond substituents is 2. The number of nitrogens with zero attached hydrogens (tertiary/aromatic N) is 2. The molecule has 0 saturated heterocycles. The quantitative estimate of drug-likeness (QED) is 0.791. The molecule has 0 saturated carbocycles. The predicted octanol–water partition coefficient (Wildman–Crippen LogP) is 4.34. The van der Waals surface area contributed by atoms with Gasteiger partial charge in [-0.2, -0.15) is 0 Å². The number of aromatic hydroxyl groups is 2. The highest BCUT2D eigenvalue weighted by Gasteiger charge is 2.10. The number of ether oxygens (including phenoxy) is 1. The topological polar surface area (TPSA) is 90.3 Å². The summed E-state index contributed by atoms with van der Waals surface area (Å²) in [5.74, 6) is 0.512. The normalized spacial score (nSPS) is 9.03. The predicted molar refractivity (Wildman–Crippen MR) is 119 cm³/mol. The average Bonchev–Trinajstić information content (AvgIpc) is 2.60. The summed E-state index contributed by atoms with van der Waals surface area (Å²) >= 11 is 0. The molecule has 29 heavy (non-hydrogen) atoms. The maximum atomic E-state index is 11.1. The van der Waals surface area contributed by atoms with Crippen LogP contribution in [0.15, 0.2) is 36.4 Å². The molecule has 0 spiro atoms. The highest BCUT2D eigenvalue weighted by Crippen LogP contribution is 2.29. The molecule has 2 N–H and O–H groups in total. The molecule has 0 aromatic heterocycles. The van der Waals surface area contributed by atoms with Gasteiger partial charge in [-0.3, -0.25) is 9.59 Å². The van der Waals surface area contributed by atoms with Crippen molar-refractivity contribution in [3.05, 3.63) is 42.0 Å². The Bertz CT molecular complexity index is 821. The van der Waals surface area contributed by atoms with E-state index in [1.165, 1.54) is 30.0 Å². The Kier molecular flexibility index (Phi) is 11.9. The van der Waals surface area contributed by atoms with Crippen molar-refractivity contribution >= 4 is 23.2 Å². The molecule has 0 aliphatic rings. The molecule has 2 aromatic rings. The summed E-state index contributed by atoms with van der Waals surface area (Å²) in [7, 11) is 4.94. The van der Waals surface area contributed by atoms with E-state index in [0.29, 0.717) is 5.69 Å². The molecule has 0 fully saturated rings. The Morgan fingerprint density at radius 3 is 1.76 bits per heavy atom. The van der Waals surface area contributed by atoms with Crippen LogP contribution >= 0.6 is 0 Å². The van der Waals surface area contributed by atoms with Gasteiger partial charge in [-0.1, -0.05) is 14.9 Å². The van der Waals surface area contributed by atoms with E-state index in [1.54, 1.807) is 33.0 Å². The number of carbonyl (C=O) groups excluding carboxylic acids is 2. The standard InChI is InChI=1S/C11H15NO2.C9H11NO3.2CH4/c1-8-7-10(14-4)5-6-11(8)12(3)9(2)13;1-6(11)10(2)8-4-3-7(12)5-9(8)13;;/h5-7H,1-4H3;3-5,12-13H,1-2H3;2*1H4. The van der Waals surface area contributed by atoms with E-state index in [1.807, 2.05) is 25.1 Å². The molecule has 0 aliphatic heterocycles. The van der Waals surface area contributed by atoms with Crippen LogP contribution in [0.5, 0.6) is 17.2 Å². The Labute approximate surface area is 174 Å². The van der Waals surface area contributed by atoms with Gasteiger partial charge in [0.05, 0.1) is 12.8 Å². The first-order valence-corrected chi connectivity index (χ1v) is 8.23. The SMILES string of the molecule is C.C.CC(=O)N(C)c1ccc(O)cc1O.COc1ccc(N(C)C(C)=O)c(C)c1. The lowest BCUT2D eigenvalue weighted by Crippen LogP contribution is -2.23. The van der Waals surface area contributed by atoms with Gasteiger partial charge in [0.2, 0.25) is 11.8 Å². The van der Waals surface area contributed by atoms with Crippen LogP contribution in [0.3, 0.4) is 0 Å². The van der Waals surface area contributed by atoms with Crippen molar-refractivity contribution in [1.82, 2.24) is 0 Å². The third-order valence-electron chi connectivity index (χ3n) is 4.03. The minimum atomic E-state index is -0.180. The van der Waals surface area contributed by atoms with E-state index in [-0.39, 0.29) is 38.2 Å². The summed E-state index contributed by atoms with van der Waals surface area (Å²) in [6.07, 6.45) is 0. The summed E-state index contributed by atoms with van der Waals surface area (Å²) in [5.41, 5.74) is 2.32. The number of hydrogen-bond acceptors (Lipinski definition) is 5. The fourth-order valence-electron chi connectivity index (χ4n) is 2.27. The van der Waals surface area contributed by atoms with Crippen LogP contribution in [0.25, 0.3) is 0 Å². The second-order valence-corrected chi connectivity index (χ2v) is 5.98. The van der Waals surface area contributed by atoms with Gasteiger partial charge in [-0.25, -0.2) is 0 Å². The molecular weight excluding hydrogens is 372 g/mol. The number of hydrogen-bond donors (Lipinski definition) is 2. The van der Waals surface area contributed by atoms with Crippen LogP contribution in [0, 0.1) is 6.92 Å². The first-order valence-electron chi connectivity index (χ1n) is 8.23. The molecule has 0 atom stereocenters. The number of phenols is 2. The molecule has 7 nitrogen and oxygen atoms in total. The Morgan fingerprint density at radius 1 is 0.862 bits per heavy atom. The molecule has 0 radical (unpaired) electrons. The number of anilines is 2. The van der Waals surface area contributed by atoms with Crippen molar-refractivity contribution in [2.24, 2.45) is 0 Å². The van der Waals surface area contributed by atoms with Crippen LogP contribution in [-0.2, 0) is 9.59 Å². The van der Waals surface area contributed by atoms with Gasteiger partial charge in [-0.05, 0) is 42.8 Å². The van der Waals surface area contributed by atoms with Gasteiger partial charge < -0.3 is 24.7 Å². The van der Waals surface area contributed by atoms with E-state index >= 15 is 0 Å². The Morgan fingerprint density at radius 2 is 1.34 bits per heavy atom. The fraction of sp³-hybridized carbons (Fsp3) is 0.364. The lowest BCUT2D eigenvalue weighted by Gasteiger charge is -2.17. The average molecular weight is 407 g/mol.